The quantitative estimate of drug-likeness (QED) is 0.292. The third-order valence-corrected chi connectivity index (χ3v) is 7.38. The number of carbonyl (C=O) groups is 1. The highest BCUT2D eigenvalue weighted by molar-refractivity contribution is 7.91. The highest BCUT2D eigenvalue weighted by Gasteiger charge is 2.20. The SMILES string of the molecule is CCS(=O)(=O)c1ccc(Oc2cc3nc(-c4ccccn4)[nH]c3cc2C(=O)c2ccc(F)cc2)cc1. The summed E-state index contributed by atoms with van der Waals surface area (Å²) < 4.78 is 43.7. The van der Waals surface area contributed by atoms with Gasteiger partial charge in [0.15, 0.2) is 21.4 Å². The van der Waals surface area contributed by atoms with Crippen LogP contribution in [0.25, 0.3) is 22.6 Å². The van der Waals surface area contributed by atoms with Crippen LogP contribution < -0.4 is 4.74 Å². The topological polar surface area (TPSA) is 102 Å². The van der Waals surface area contributed by atoms with E-state index >= 15 is 0 Å². The Balaban J connectivity index is 1.59. The van der Waals surface area contributed by atoms with Crippen molar-refractivity contribution in [3.05, 3.63) is 102 Å². The Labute approximate surface area is 206 Å². The summed E-state index contributed by atoms with van der Waals surface area (Å²) in [6, 6.07) is 19.9. The van der Waals surface area contributed by atoms with E-state index in [-0.39, 0.29) is 33.3 Å². The molecule has 180 valence electrons. The molecule has 9 heteroatoms. The van der Waals surface area contributed by atoms with Gasteiger partial charge in [0.25, 0.3) is 0 Å². The minimum absolute atomic E-state index is 0.0159. The normalized spacial score (nSPS) is 11.5. The highest BCUT2D eigenvalue weighted by atomic mass is 32.2. The molecular formula is C27H20FN3O4S. The Kier molecular flexibility index (Phi) is 6.07. The van der Waals surface area contributed by atoms with Gasteiger partial charge in [0, 0.05) is 17.8 Å². The van der Waals surface area contributed by atoms with Gasteiger partial charge in [-0.1, -0.05) is 13.0 Å². The van der Waals surface area contributed by atoms with Crippen LogP contribution in [-0.2, 0) is 9.84 Å². The van der Waals surface area contributed by atoms with E-state index in [2.05, 4.69) is 15.0 Å². The second kappa shape index (κ2) is 9.35. The van der Waals surface area contributed by atoms with Crippen LogP contribution in [0.4, 0.5) is 4.39 Å². The van der Waals surface area contributed by atoms with E-state index in [9.17, 15) is 17.6 Å². The van der Waals surface area contributed by atoms with Crippen LogP contribution in [0, 0.1) is 5.82 Å². The minimum Gasteiger partial charge on any atom is -0.457 e. The molecule has 0 atom stereocenters. The van der Waals surface area contributed by atoms with E-state index in [1.54, 1.807) is 31.3 Å². The number of nitrogens with zero attached hydrogens (tertiary/aromatic N) is 2. The van der Waals surface area contributed by atoms with Gasteiger partial charge >= 0.3 is 0 Å². The Morgan fingerprint density at radius 2 is 1.75 bits per heavy atom. The molecule has 0 amide bonds. The predicted octanol–water partition coefficient (Wildman–Crippen LogP) is 5.58. The van der Waals surface area contributed by atoms with Gasteiger partial charge in [-0.3, -0.25) is 9.78 Å². The molecule has 3 aromatic carbocycles. The summed E-state index contributed by atoms with van der Waals surface area (Å²) in [6.07, 6.45) is 1.66. The monoisotopic (exact) mass is 501 g/mol. The number of carbonyl (C=O) groups excluding carboxylic acids is 1. The summed E-state index contributed by atoms with van der Waals surface area (Å²) >= 11 is 0. The number of aromatic amines is 1. The Hall–Kier alpha value is -4.37. The first kappa shape index (κ1) is 23.4. The summed E-state index contributed by atoms with van der Waals surface area (Å²) in [5.74, 6) is 0.259. The first-order valence-electron chi connectivity index (χ1n) is 11.1. The van der Waals surface area contributed by atoms with Crippen LogP contribution in [0.3, 0.4) is 0 Å². The van der Waals surface area contributed by atoms with Crippen molar-refractivity contribution in [3.63, 3.8) is 0 Å². The van der Waals surface area contributed by atoms with Crippen LogP contribution in [0.2, 0.25) is 0 Å². The average Bonchev–Trinajstić information content (AvgIpc) is 3.32. The summed E-state index contributed by atoms with van der Waals surface area (Å²) in [7, 11) is -3.36. The van der Waals surface area contributed by atoms with Crippen LogP contribution in [0.15, 0.2) is 90.0 Å². The zero-order valence-corrected chi connectivity index (χ0v) is 19.9. The Morgan fingerprint density at radius 3 is 2.42 bits per heavy atom. The van der Waals surface area contributed by atoms with E-state index in [0.29, 0.717) is 28.3 Å². The van der Waals surface area contributed by atoms with Crippen molar-refractivity contribution in [1.29, 1.82) is 0 Å². The highest BCUT2D eigenvalue weighted by Crippen LogP contribution is 2.33. The molecule has 1 N–H and O–H groups in total. The fraction of sp³-hybridized carbons (Fsp3) is 0.0741. The molecule has 0 fully saturated rings. The van der Waals surface area contributed by atoms with Crippen LogP contribution >= 0.6 is 0 Å². The molecule has 0 saturated heterocycles. The first-order valence-corrected chi connectivity index (χ1v) is 12.8. The zero-order chi connectivity index (χ0) is 25.3. The number of hydrogen-bond donors (Lipinski definition) is 1. The molecule has 2 heterocycles. The number of pyridine rings is 1. The van der Waals surface area contributed by atoms with Gasteiger partial charge in [-0.15, -0.1) is 0 Å². The zero-order valence-electron chi connectivity index (χ0n) is 19.1. The van der Waals surface area contributed by atoms with E-state index < -0.39 is 15.7 Å². The van der Waals surface area contributed by atoms with Crippen molar-refractivity contribution in [2.75, 3.05) is 5.75 Å². The maximum Gasteiger partial charge on any atom is 0.196 e. The second-order valence-corrected chi connectivity index (χ2v) is 10.3. The molecule has 5 aromatic rings. The van der Waals surface area contributed by atoms with Gasteiger partial charge in [0.05, 0.1) is 27.2 Å². The number of fused-ring (bicyclic) bond motifs is 1. The summed E-state index contributed by atoms with van der Waals surface area (Å²) in [5, 5.41) is 0. The number of sulfone groups is 1. The van der Waals surface area contributed by atoms with Crippen molar-refractivity contribution in [2.24, 2.45) is 0 Å². The standard InChI is InChI=1S/C27H20FN3O4S/c1-2-36(33,34)20-12-10-19(11-13-20)35-25-16-24-23(30-27(31-24)22-5-3-4-14-29-22)15-21(25)26(32)17-6-8-18(28)9-7-17/h3-16H,2H2,1H3,(H,30,31). The molecule has 0 aliphatic heterocycles. The van der Waals surface area contributed by atoms with Crippen molar-refractivity contribution >= 4 is 26.7 Å². The van der Waals surface area contributed by atoms with Gasteiger partial charge in [-0.2, -0.15) is 0 Å². The van der Waals surface area contributed by atoms with Crippen molar-refractivity contribution in [1.82, 2.24) is 15.0 Å². The van der Waals surface area contributed by atoms with Gasteiger partial charge < -0.3 is 9.72 Å². The molecule has 0 unspecified atom stereocenters. The lowest BCUT2D eigenvalue weighted by molar-refractivity contribution is 0.103. The third-order valence-electron chi connectivity index (χ3n) is 5.63. The number of nitrogens with one attached hydrogen (secondary N) is 1. The number of ether oxygens (including phenoxy) is 1. The number of H-pyrrole nitrogens is 1. The van der Waals surface area contributed by atoms with Gasteiger partial charge in [0.2, 0.25) is 0 Å². The van der Waals surface area contributed by atoms with E-state index in [1.165, 1.54) is 48.5 Å². The van der Waals surface area contributed by atoms with Crippen molar-refractivity contribution in [2.45, 2.75) is 11.8 Å². The van der Waals surface area contributed by atoms with Gasteiger partial charge in [0.1, 0.15) is 23.0 Å². The largest absolute Gasteiger partial charge is 0.457 e. The van der Waals surface area contributed by atoms with Crippen molar-refractivity contribution in [3.8, 4) is 23.0 Å². The Bertz CT molecular complexity index is 1660. The van der Waals surface area contributed by atoms with Crippen LogP contribution in [-0.4, -0.2) is 34.9 Å². The van der Waals surface area contributed by atoms with Gasteiger partial charge in [-0.25, -0.2) is 17.8 Å². The van der Waals surface area contributed by atoms with Crippen molar-refractivity contribution < 1.29 is 22.3 Å². The number of aromatic nitrogens is 3. The Morgan fingerprint density at radius 1 is 1.00 bits per heavy atom. The predicted molar refractivity (Wildman–Crippen MR) is 133 cm³/mol. The van der Waals surface area contributed by atoms with E-state index in [4.69, 9.17) is 4.74 Å². The number of ketones is 1. The fourth-order valence-electron chi connectivity index (χ4n) is 3.69. The molecule has 5 rings (SSSR count). The maximum atomic E-state index is 13.4. The molecule has 7 nitrogen and oxygen atoms in total. The molecule has 0 aliphatic rings. The molecule has 0 saturated carbocycles. The number of benzene rings is 3. The first-order chi connectivity index (χ1) is 17.3. The molecule has 0 aliphatic carbocycles. The van der Waals surface area contributed by atoms with Crippen LogP contribution in [0.5, 0.6) is 11.5 Å². The third kappa shape index (κ3) is 4.60. The molecule has 0 spiro atoms. The van der Waals surface area contributed by atoms with E-state index in [1.807, 2.05) is 12.1 Å². The lowest BCUT2D eigenvalue weighted by Gasteiger charge is -2.12. The number of rotatable bonds is 7. The van der Waals surface area contributed by atoms with E-state index in [0.717, 1.165) is 0 Å². The molecule has 0 radical (unpaired) electrons. The maximum absolute atomic E-state index is 13.4. The average molecular weight is 502 g/mol. The lowest BCUT2D eigenvalue weighted by Crippen LogP contribution is -2.05. The summed E-state index contributed by atoms with van der Waals surface area (Å²) in [6.45, 7) is 1.57. The van der Waals surface area contributed by atoms with Crippen LogP contribution in [0.1, 0.15) is 22.8 Å². The summed E-state index contributed by atoms with van der Waals surface area (Å²) in [4.78, 5) is 25.6. The lowest BCUT2D eigenvalue weighted by atomic mass is 10.0. The number of hydrogen-bond acceptors (Lipinski definition) is 6. The minimum atomic E-state index is -3.36. The molecular weight excluding hydrogens is 481 g/mol. The second-order valence-electron chi connectivity index (χ2n) is 7.98. The number of halogens is 1. The number of imidazole rings is 1. The van der Waals surface area contributed by atoms with Gasteiger partial charge in [-0.05, 0) is 66.7 Å². The summed E-state index contributed by atoms with van der Waals surface area (Å²) in [5.41, 5.74) is 2.30. The smallest absolute Gasteiger partial charge is 0.196 e. The molecule has 2 aromatic heterocycles. The fourth-order valence-corrected chi connectivity index (χ4v) is 4.57. The molecule has 0 bridgehead atoms. The molecule has 36 heavy (non-hydrogen) atoms.